The van der Waals surface area contributed by atoms with Gasteiger partial charge in [-0.15, -0.1) is 0 Å². The van der Waals surface area contributed by atoms with Gasteiger partial charge in [-0.2, -0.15) is 13.2 Å². The average Bonchev–Trinajstić information content (AvgIpc) is 3.71. The topological polar surface area (TPSA) is 55.8 Å². The van der Waals surface area contributed by atoms with E-state index in [1.54, 1.807) is 0 Å². The second-order valence-electron chi connectivity index (χ2n) is 12.3. The van der Waals surface area contributed by atoms with Crippen molar-refractivity contribution in [3.63, 3.8) is 0 Å². The van der Waals surface area contributed by atoms with E-state index in [-0.39, 0.29) is 41.6 Å². The first-order valence-electron chi connectivity index (χ1n) is 14.5. The summed E-state index contributed by atoms with van der Waals surface area (Å²) in [5.41, 5.74) is 3.59. The van der Waals surface area contributed by atoms with Crippen molar-refractivity contribution < 1.29 is 36.9 Å². The maximum absolute atomic E-state index is 15.2. The molecule has 42 heavy (non-hydrogen) atoms. The fourth-order valence-corrected chi connectivity index (χ4v) is 6.35. The SMILES string of the molecule is CC1(C)CCC[C@@H]1c1cc(COc2cccc([C@H](CC(=O)O)C3CC3)c2)ccc1-c1cc(OCC(F)(F)F)ccc1F. The Kier molecular flexibility index (Phi) is 8.53. The second-order valence-corrected chi connectivity index (χ2v) is 12.3. The quantitative estimate of drug-likeness (QED) is 0.228. The van der Waals surface area contributed by atoms with Crippen LogP contribution < -0.4 is 9.47 Å². The predicted molar refractivity (Wildman–Crippen MR) is 152 cm³/mol. The lowest BCUT2D eigenvalue weighted by Crippen LogP contribution is -2.19. The summed E-state index contributed by atoms with van der Waals surface area (Å²) in [6.07, 6.45) is 0.630. The molecule has 2 saturated carbocycles. The highest BCUT2D eigenvalue weighted by Crippen LogP contribution is 2.51. The number of benzene rings is 3. The first kappa shape index (κ1) is 29.9. The Labute approximate surface area is 243 Å². The zero-order valence-corrected chi connectivity index (χ0v) is 23.8. The third-order valence-electron chi connectivity index (χ3n) is 8.66. The number of rotatable bonds is 11. The van der Waals surface area contributed by atoms with E-state index in [9.17, 15) is 23.1 Å². The highest BCUT2D eigenvalue weighted by atomic mass is 19.4. The molecule has 224 valence electrons. The molecule has 2 atom stereocenters. The van der Waals surface area contributed by atoms with E-state index < -0.39 is 24.6 Å². The van der Waals surface area contributed by atoms with Crippen molar-refractivity contribution in [2.24, 2.45) is 11.3 Å². The van der Waals surface area contributed by atoms with Gasteiger partial charge in [0.2, 0.25) is 0 Å². The summed E-state index contributed by atoms with van der Waals surface area (Å²) in [5.74, 6) is -0.249. The van der Waals surface area contributed by atoms with Gasteiger partial charge in [0.25, 0.3) is 0 Å². The average molecular weight is 585 g/mol. The highest BCUT2D eigenvalue weighted by molar-refractivity contribution is 5.71. The molecule has 2 fully saturated rings. The van der Waals surface area contributed by atoms with E-state index in [1.807, 2.05) is 42.5 Å². The van der Waals surface area contributed by atoms with Crippen LogP contribution >= 0.6 is 0 Å². The molecule has 3 aromatic carbocycles. The molecular formula is C34H36F4O4. The van der Waals surface area contributed by atoms with E-state index in [1.165, 1.54) is 12.1 Å². The summed E-state index contributed by atoms with van der Waals surface area (Å²) in [4.78, 5) is 11.4. The Hall–Kier alpha value is -3.55. The third kappa shape index (κ3) is 7.26. The summed E-state index contributed by atoms with van der Waals surface area (Å²) in [6, 6.07) is 17.0. The van der Waals surface area contributed by atoms with Crippen molar-refractivity contribution in [3.8, 4) is 22.6 Å². The molecule has 1 N–H and O–H groups in total. The Bertz CT molecular complexity index is 1430. The van der Waals surface area contributed by atoms with Crippen molar-refractivity contribution in [2.45, 2.75) is 77.0 Å². The molecule has 8 heteroatoms. The molecule has 5 rings (SSSR count). The lowest BCUT2D eigenvalue weighted by atomic mass is 9.75. The summed E-state index contributed by atoms with van der Waals surface area (Å²) >= 11 is 0. The van der Waals surface area contributed by atoms with Crippen LogP contribution in [0.25, 0.3) is 11.1 Å². The standard InChI is InChI=1S/C34H36F4O4/c1-33(2)14-4-7-30(33)28-15-21(8-12-26(28)29-17-25(11-13-31(29)35)42-20-34(36,37)38)19-41-24-6-3-5-23(16-24)27(18-32(39)40)22-9-10-22/h3,5-6,8,11-13,15-17,22,27,30H,4,7,9-10,14,18-20H2,1-2H3,(H,39,40)/t27-,30-/m1/s1. The van der Waals surface area contributed by atoms with Gasteiger partial charge in [0.05, 0.1) is 6.42 Å². The van der Waals surface area contributed by atoms with Gasteiger partial charge in [0.1, 0.15) is 23.9 Å². The lowest BCUT2D eigenvalue weighted by Gasteiger charge is -2.30. The van der Waals surface area contributed by atoms with Crippen LogP contribution in [0.2, 0.25) is 0 Å². The van der Waals surface area contributed by atoms with Gasteiger partial charge in [0.15, 0.2) is 6.61 Å². The van der Waals surface area contributed by atoms with Crippen LogP contribution in [0.5, 0.6) is 11.5 Å². The number of halogens is 4. The van der Waals surface area contributed by atoms with Gasteiger partial charge in [0, 0.05) is 5.56 Å². The molecule has 0 unspecified atom stereocenters. The molecule has 0 heterocycles. The fraction of sp³-hybridized carbons (Fsp3) is 0.441. The number of carboxylic acid groups (broad SMARTS) is 1. The van der Waals surface area contributed by atoms with Gasteiger partial charge in [-0.05, 0) is 101 Å². The molecule has 0 saturated heterocycles. The zero-order chi connectivity index (χ0) is 30.1. The minimum Gasteiger partial charge on any atom is -0.489 e. The minimum absolute atomic E-state index is 0.0349. The van der Waals surface area contributed by atoms with Crippen molar-refractivity contribution in [1.82, 2.24) is 0 Å². The summed E-state index contributed by atoms with van der Waals surface area (Å²) in [6.45, 7) is 3.19. The molecule has 2 aliphatic carbocycles. The van der Waals surface area contributed by atoms with Gasteiger partial charge >= 0.3 is 12.1 Å². The number of carbonyl (C=O) groups is 1. The molecule has 0 bridgehead atoms. The lowest BCUT2D eigenvalue weighted by molar-refractivity contribution is -0.153. The van der Waals surface area contributed by atoms with Gasteiger partial charge < -0.3 is 14.6 Å². The van der Waals surface area contributed by atoms with Crippen LogP contribution in [-0.4, -0.2) is 23.9 Å². The number of hydrogen-bond acceptors (Lipinski definition) is 3. The zero-order valence-electron chi connectivity index (χ0n) is 23.8. The normalized spacial score (nSPS) is 19.0. The van der Waals surface area contributed by atoms with Gasteiger partial charge in [-0.25, -0.2) is 4.39 Å². The number of alkyl halides is 3. The maximum atomic E-state index is 15.2. The molecule has 0 aromatic heterocycles. The van der Waals surface area contributed by atoms with Gasteiger partial charge in [-0.3, -0.25) is 4.79 Å². The monoisotopic (exact) mass is 584 g/mol. The van der Waals surface area contributed by atoms with Crippen molar-refractivity contribution in [2.75, 3.05) is 6.61 Å². The molecule has 0 spiro atoms. The number of hydrogen-bond donors (Lipinski definition) is 1. The predicted octanol–water partition coefficient (Wildman–Crippen LogP) is 9.27. The summed E-state index contributed by atoms with van der Waals surface area (Å²) in [7, 11) is 0. The van der Waals surface area contributed by atoms with Crippen molar-refractivity contribution >= 4 is 5.97 Å². The van der Waals surface area contributed by atoms with Crippen molar-refractivity contribution in [3.05, 3.63) is 83.2 Å². The van der Waals surface area contributed by atoms with E-state index >= 15 is 4.39 Å². The van der Waals surface area contributed by atoms with E-state index in [4.69, 9.17) is 9.47 Å². The summed E-state index contributed by atoms with van der Waals surface area (Å²) in [5, 5.41) is 9.39. The fourth-order valence-electron chi connectivity index (χ4n) is 6.35. The minimum atomic E-state index is -4.50. The molecule has 0 amide bonds. The largest absolute Gasteiger partial charge is 0.489 e. The van der Waals surface area contributed by atoms with Crippen LogP contribution in [0, 0.1) is 17.2 Å². The second kappa shape index (κ2) is 12.0. The summed E-state index contributed by atoms with van der Waals surface area (Å²) < 4.78 is 64.5. The number of carboxylic acids is 1. The van der Waals surface area contributed by atoms with Crippen molar-refractivity contribution in [1.29, 1.82) is 0 Å². The molecule has 3 aromatic rings. The van der Waals surface area contributed by atoms with E-state index in [2.05, 4.69) is 13.8 Å². The Balaban J connectivity index is 1.42. The number of aliphatic carboxylic acids is 1. The highest BCUT2D eigenvalue weighted by Gasteiger charge is 2.37. The molecular weight excluding hydrogens is 548 g/mol. The molecule has 0 aliphatic heterocycles. The van der Waals surface area contributed by atoms with Crippen LogP contribution in [0.3, 0.4) is 0 Å². The molecule has 2 aliphatic rings. The van der Waals surface area contributed by atoms with Crippen LogP contribution in [-0.2, 0) is 11.4 Å². The number of ether oxygens (including phenoxy) is 2. The molecule has 0 radical (unpaired) electrons. The third-order valence-corrected chi connectivity index (χ3v) is 8.66. The van der Waals surface area contributed by atoms with E-state index in [0.29, 0.717) is 17.2 Å². The van der Waals surface area contributed by atoms with E-state index in [0.717, 1.165) is 54.9 Å². The van der Waals surface area contributed by atoms with Gasteiger partial charge in [-0.1, -0.05) is 50.6 Å². The maximum Gasteiger partial charge on any atom is 0.422 e. The van der Waals surface area contributed by atoms with Crippen LogP contribution in [0.1, 0.15) is 80.9 Å². The Morgan fingerprint density at radius 3 is 2.40 bits per heavy atom. The molecule has 4 nitrogen and oxygen atoms in total. The Morgan fingerprint density at radius 2 is 1.74 bits per heavy atom. The first-order chi connectivity index (χ1) is 19.9. The van der Waals surface area contributed by atoms with Crippen LogP contribution in [0.15, 0.2) is 60.7 Å². The van der Waals surface area contributed by atoms with Crippen LogP contribution in [0.4, 0.5) is 17.6 Å². The smallest absolute Gasteiger partial charge is 0.422 e. The Morgan fingerprint density at radius 1 is 0.976 bits per heavy atom. The first-order valence-corrected chi connectivity index (χ1v) is 14.5.